The first-order valence-electron chi connectivity index (χ1n) is 6.49. The highest BCUT2D eigenvalue weighted by Gasteiger charge is 2.30. The predicted molar refractivity (Wildman–Crippen MR) is 72.7 cm³/mol. The van der Waals surface area contributed by atoms with E-state index in [1.54, 1.807) is 13.0 Å². The molecule has 2 heterocycles. The standard InChI is InChI=1S/C14H20N2O3/c1-9-8-10(2)15-12(11(9)13(17)18)16-6-4-14(3,19)5-7-16/h8,19H,4-7H2,1-3H3,(H,17,18). The van der Waals surface area contributed by atoms with Gasteiger partial charge in [-0.15, -0.1) is 0 Å². The van der Waals surface area contributed by atoms with Crippen LogP contribution in [0.2, 0.25) is 0 Å². The van der Waals surface area contributed by atoms with E-state index in [0.29, 0.717) is 31.7 Å². The van der Waals surface area contributed by atoms with Crippen LogP contribution in [0.5, 0.6) is 0 Å². The number of anilines is 1. The molecule has 5 nitrogen and oxygen atoms in total. The van der Waals surface area contributed by atoms with E-state index < -0.39 is 11.6 Å². The Morgan fingerprint density at radius 2 is 1.95 bits per heavy atom. The number of aryl methyl sites for hydroxylation is 2. The molecule has 0 aromatic carbocycles. The summed E-state index contributed by atoms with van der Waals surface area (Å²) < 4.78 is 0. The zero-order chi connectivity index (χ0) is 14.2. The van der Waals surface area contributed by atoms with Crippen LogP contribution in [0.15, 0.2) is 6.07 Å². The molecular weight excluding hydrogens is 244 g/mol. The smallest absolute Gasteiger partial charge is 0.339 e. The Balaban J connectivity index is 2.37. The van der Waals surface area contributed by atoms with Crippen LogP contribution >= 0.6 is 0 Å². The van der Waals surface area contributed by atoms with Gasteiger partial charge in [0.1, 0.15) is 11.4 Å². The van der Waals surface area contributed by atoms with Gasteiger partial charge in [-0.3, -0.25) is 0 Å². The number of aliphatic hydroxyl groups is 1. The summed E-state index contributed by atoms with van der Waals surface area (Å²) >= 11 is 0. The fourth-order valence-electron chi connectivity index (χ4n) is 2.51. The van der Waals surface area contributed by atoms with Gasteiger partial charge < -0.3 is 15.1 Å². The molecule has 0 atom stereocenters. The Morgan fingerprint density at radius 1 is 1.37 bits per heavy atom. The van der Waals surface area contributed by atoms with Crippen LogP contribution in [-0.4, -0.2) is 39.9 Å². The lowest BCUT2D eigenvalue weighted by Gasteiger charge is -2.37. The van der Waals surface area contributed by atoms with Crippen LogP contribution < -0.4 is 4.90 Å². The minimum Gasteiger partial charge on any atom is -0.478 e. The molecule has 0 bridgehead atoms. The van der Waals surface area contributed by atoms with Gasteiger partial charge in [0.25, 0.3) is 0 Å². The Labute approximate surface area is 112 Å². The van der Waals surface area contributed by atoms with E-state index in [0.717, 1.165) is 11.3 Å². The summed E-state index contributed by atoms with van der Waals surface area (Å²) in [6, 6.07) is 1.78. The number of hydrogen-bond donors (Lipinski definition) is 2. The number of piperidine rings is 1. The number of hydrogen-bond acceptors (Lipinski definition) is 4. The van der Waals surface area contributed by atoms with E-state index in [-0.39, 0.29) is 5.56 Å². The summed E-state index contributed by atoms with van der Waals surface area (Å²) in [5.74, 6) is -0.419. The monoisotopic (exact) mass is 264 g/mol. The van der Waals surface area contributed by atoms with Crippen molar-refractivity contribution in [1.29, 1.82) is 0 Å². The van der Waals surface area contributed by atoms with E-state index >= 15 is 0 Å². The summed E-state index contributed by atoms with van der Waals surface area (Å²) in [6.45, 7) is 6.73. The summed E-state index contributed by atoms with van der Waals surface area (Å²) in [6.07, 6.45) is 1.25. The second kappa shape index (κ2) is 4.81. The quantitative estimate of drug-likeness (QED) is 0.851. The van der Waals surface area contributed by atoms with Crippen molar-refractivity contribution in [2.75, 3.05) is 18.0 Å². The molecule has 104 valence electrons. The maximum absolute atomic E-state index is 11.4. The second-order valence-corrected chi connectivity index (χ2v) is 5.57. The highest BCUT2D eigenvalue weighted by Crippen LogP contribution is 2.28. The van der Waals surface area contributed by atoms with Gasteiger partial charge in [0.05, 0.1) is 5.60 Å². The van der Waals surface area contributed by atoms with E-state index in [4.69, 9.17) is 0 Å². The van der Waals surface area contributed by atoms with Crippen molar-refractivity contribution in [2.24, 2.45) is 0 Å². The number of carboxylic acids is 1. The lowest BCUT2D eigenvalue weighted by atomic mass is 9.93. The maximum Gasteiger partial charge on any atom is 0.339 e. The summed E-state index contributed by atoms with van der Waals surface area (Å²) in [5.41, 5.74) is 1.16. The molecule has 2 rings (SSSR count). The molecular formula is C14H20N2O3. The first kappa shape index (κ1) is 13.8. The van der Waals surface area contributed by atoms with Gasteiger partial charge in [-0.1, -0.05) is 0 Å². The minimum absolute atomic E-state index is 0.271. The van der Waals surface area contributed by atoms with Crippen LogP contribution in [0.4, 0.5) is 5.82 Å². The van der Waals surface area contributed by atoms with Crippen LogP contribution in [-0.2, 0) is 0 Å². The number of pyridine rings is 1. The van der Waals surface area contributed by atoms with Gasteiger partial charge in [0.2, 0.25) is 0 Å². The number of carboxylic acid groups (broad SMARTS) is 1. The molecule has 1 aromatic heterocycles. The van der Waals surface area contributed by atoms with Gasteiger partial charge in [0.15, 0.2) is 0 Å². The van der Waals surface area contributed by atoms with E-state index in [1.165, 1.54) is 0 Å². The van der Waals surface area contributed by atoms with Crippen molar-refractivity contribution in [1.82, 2.24) is 4.98 Å². The molecule has 1 aromatic rings. The Bertz CT molecular complexity index is 502. The van der Waals surface area contributed by atoms with Crippen molar-refractivity contribution in [3.63, 3.8) is 0 Å². The molecule has 1 fully saturated rings. The van der Waals surface area contributed by atoms with Crippen molar-refractivity contribution in [2.45, 2.75) is 39.2 Å². The molecule has 1 aliphatic heterocycles. The highest BCUT2D eigenvalue weighted by atomic mass is 16.4. The number of aromatic carboxylic acids is 1. The van der Waals surface area contributed by atoms with E-state index in [1.807, 2.05) is 18.7 Å². The van der Waals surface area contributed by atoms with Crippen LogP contribution in [0.1, 0.15) is 41.4 Å². The van der Waals surface area contributed by atoms with Gasteiger partial charge in [0, 0.05) is 18.8 Å². The highest BCUT2D eigenvalue weighted by molar-refractivity contribution is 5.95. The Kier molecular flexibility index (Phi) is 3.49. The number of carbonyl (C=O) groups is 1. The fraction of sp³-hybridized carbons (Fsp3) is 0.571. The van der Waals surface area contributed by atoms with E-state index in [9.17, 15) is 15.0 Å². The van der Waals surface area contributed by atoms with Crippen molar-refractivity contribution in [3.8, 4) is 0 Å². The molecule has 19 heavy (non-hydrogen) atoms. The normalized spacial score (nSPS) is 18.4. The fourth-order valence-corrected chi connectivity index (χ4v) is 2.51. The van der Waals surface area contributed by atoms with Crippen molar-refractivity contribution in [3.05, 3.63) is 22.9 Å². The number of nitrogens with zero attached hydrogens (tertiary/aromatic N) is 2. The Morgan fingerprint density at radius 3 is 2.47 bits per heavy atom. The molecule has 1 saturated heterocycles. The van der Waals surface area contributed by atoms with Gasteiger partial charge in [-0.05, 0) is 45.2 Å². The zero-order valence-electron chi connectivity index (χ0n) is 11.6. The number of rotatable bonds is 2. The summed E-state index contributed by atoms with van der Waals surface area (Å²) in [4.78, 5) is 17.8. The molecule has 0 spiro atoms. The molecule has 5 heteroatoms. The molecule has 0 aliphatic carbocycles. The topological polar surface area (TPSA) is 73.7 Å². The molecule has 0 amide bonds. The van der Waals surface area contributed by atoms with Crippen LogP contribution in [0.3, 0.4) is 0 Å². The van der Waals surface area contributed by atoms with E-state index in [2.05, 4.69) is 4.98 Å². The lowest BCUT2D eigenvalue weighted by molar-refractivity contribution is 0.0350. The largest absolute Gasteiger partial charge is 0.478 e. The molecule has 0 radical (unpaired) electrons. The third-order valence-electron chi connectivity index (χ3n) is 3.68. The lowest BCUT2D eigenvalue weighted by Crippen LogP contribution is -2.43. The van der Waals surface area contributed by atoms with Crippen LogP contribution in [0.25, 0.3) is 0 Å². The van der Waals surface area contributed by atoms with Crippen LogP contribution in [0, 0.1) is 13.8 Å². The molecule has 0 saturated carbocycles. The first-order chi connectivity index (χ1) is 8.80. The van der Waals surface area contributed by atoms with Gasteiger partial charge in [-0.2, -0.15) is 0 Å². The average molecular weight is 264 g/mol. The SMILES string of the molecule is Cc1cc(C)c(C(=O)O)c(N2CCC(C)(O)CC2)n1. The minimum atomic E-state index is -0.947. The number of aromatic nitrogens is 1. The van der Waals surface area contributed by atoms with Gasteiger partial charge in [-0.25, -0.2) is 9.78 Å². The van der Waals surface area contributed by atoms with Crippen molar-refractivity contribution < 1.29 is 15.0 Å². The van der Waals surface area contributed by atoms with Crippen molar-refractivity contribution >= 4 is 11.8 Å². The average Bonchev–Trinajstić information content (AvgIpc) is 2.26. The van der Waals surface area contributed by atoms with Gasteiger partial charge >= 0.3 is 5.97 Å². The zero-order valence-corrected chi connectivity index (χ0v) is 11.6. The third kappa shape index (κ3) is 2.87. The maximum atomic E-state index is 11.4. The third-order valence-corrected chi connectivity index (χ3v) is 3.68. The summed E-state index contributed by atoms with van der Waals surface area (Å²) in [5, 5.41) is 19.3. The summed E-state index contributed by atoms with van der Waals surface area (Å²) in [7, 11) is 0. The Hall–Kier alpha value is -1.62. The molecule has 1 aliphatic rings. The molecule has 0 unspecified atom stereocenters. The second-order valence-electron chi connectivity index (χ2n) is 5.57. The molecule has 2 N–H and O–H groups in total. The first-order valence-corrected chi connectivity index (χ1v) is 6.49. The predicted octanol–water partition coefficient (Wildman–Crippen LogP) is 1.75.